The zero-order valence-electron chi connectivity index (χ0n) is 13.9. The number of benzene rings is 1. The van der Waals surface area contributed by atoms with Gasteiger partial charge in [-0.05, 0) is 12.1 Å². The molecule has 0 atom stereocenters. The lowest BCUT2D eigenvalue weighted by molar-refractivity contribution is 1.01. The number of hydrogen-bond acceptors (Lipinski definition) is 7. The van der Waals surface area contributed by atoms with Gasteiger partial charge < -0.3 is 21.4 Å². The van der Waals surface area contributed by atoms with Gasteiger partial charge >= 0.3 is 0 Å². The van der Waals surface area contributed by atoms with Gasteiger partial charge in [0.15, 0.2) is 0 Å². The molecule has 0 aliphatic rings. The van der Waals surface area contributed by atoms with Crippen molar-refractivity contribution in [2.75, 3.05) is 23.7 Å². The number of aromatic amines is 1. The molecule has 0 saturated carbocycles. The lowest BCUT2D eigenvalue weighted by Gasteiger charge is -2.11. The molecule has 3 aromatic heterocycles. The molecule has 0 saturated heterocycles. The summed E-state index contributed by atoms with van der Waals surface area (Å²) in [7, 11) is 0. The van der Waals surface area contributed by atoms with Crippen molar-refractivity contribution in [1.82, 2.24) is 19.9 Å². The van der Waals surface area contributed by atoms with E-state index in [1.165, 1.54) is 6.33 Å². The third kappa shape index (κ3) is 3.05. The van der Waals surface area contributed by atoms with Gasteiger partial charge in [-0.25, -0.2) is 9.97 Å². The van der Waals surface area contributed by atoms with Crippen molar-refractivity contribution < 1.29 is 0 Å². The van der Waals surface area contributed by atoms with E-state index >= 15 is 0 Å². The highest BCUT2D eigenvalue weighted by Crippen LogP contribution is 2.25. The summed E-state index contributed by atoms with van der Waals surface area (Å²) in [6.07, 6.45) is 3.08. The molecule has 0 bridgehead atoms. The van der Waals surface area contributed by atoms with Gasteiger partial charge in [-0.15, -0.1) is 0 Å². The number of para-hydroxylation sites is 1. The van der Waals surface area contributed by atoms with Crippen LogP contribution < -0.4 is 21.9 Å². The number of nitrogens with one attached hydrogen (secondary N) is 3. The van der Waals surface area contributed by atoms with Gasteiger partial charge in [0, 0.05) is 24.5 Å². The molecule has 130 valence electrons. The largest absolute Gasteiger partial charge is 0.369 e. The van der Waals surface area contributed by atoms with E-state index in [-0.39, 0.29) is 5.56 Å². The second-order valence-electron chi connectivity index (χ2n) is 5.74. The van der Waals surface area contributed by atoms with Gasteiger partial charge in [0.1, 0.15) is 17.0 Å². The number of aromatic nitrogens is 4. The van der Waals surface area contributed by atoms with E-state index < -0.39 is 0 Å². The van der Waals surface area contributed by atoms with E-state index in [0.29, 0.717) is 35.6 Å². The normalized spacial score (nSPS) is 11.0. The first kappa shape index (κ1) is 16.0. The number of anilines is 3. The molecule has 8 heteroatoms. The number of nitrogens with two attached hydrogens (primary N) is 1. The van der Waals surface area contributed by atoms with Crippen LogP contribution in [-0.4, -0.2) is 33.0 Å². The highest BCUT2D eigenvalue weighted by atomic mass is 16.1. The van der Waals surface area contributed by atoms with Gasteiger partial charge in [0.05, 0.1) is 29.2 Å². The molecule has 3 heterocycles. The van der Waals surface area contributed by atoms with E-state index in [1.54, 1.807) is 12.3 Å². The number of rotatable bonds is 5. The second-order valence-corrected chi connectivity index (χ2v) is 5.74. The van der Waals surface area contributed by atoms with Gasteiger partial charge in [0.2, 0.25) is 0 Å². The number of hydrogen-bond donors (Lipinski definition) is 4. The van der Waals surface area contributed by atoms with Crippen LogP contribution >= 0.6 is 0 Å². The highest BCUT2D eigenvalue weighted by Gasteiger charge is 2.11. The van der Waals surface area contributed by atoms with Crippen LogP contribution in [0.15, 0.2) is 53.7 Å². The highest BCUT2D eigenvalue weighted by molar-refractivity contribution is 5.92. The Morgan fingerprint density at radius 1 is 1.12 bits per heavy atom. The SMILES string of the molecule is NCCNc1cc2nc[nH]c(=O)c2c(Nc2cnc3ccccc3c2)n1. The van der Waals surface area contributed by atoms with Gasteiger partial charge in [-0.3, -0.25) is 9.78 Å². The van der Waals surface area contributed by atoms with Crippen molar-refractivity contribution in [2.45, 2.75) is 0 Å². The molecule has 5 N–H and O–H groups in total. The molecule has 0 aliphatic carbocycles. The van der Waals surface area contributed by atoms with Crippen molar-refractivity contribution in [3.8, 4) is 0 Å². The molecule has 0 fully saturated rings. The maximum Gasteiger partial charge on any atom is 0.262 e. The monoisotopic (exact) mass is 347 g/mol. The molecule has 4 aromatic rings. The van der Waals surface area contributed by atoms with Crippen LogP contribution in [0.4, 0.5) is 17.3 Å². The summed E-state index contributed by atoms with van der Waals surface area (Å²) in [5.41, 5.74) is 7.45. The number of H-pyrrole nitrogens is 1. The first-order chi connectivity index (χ1) is 12.7. The average molecular weight is 347 g/mol. The van der Waals surface area contributed by atoms with Crippen LogP contribution in [0.3, 0.4) is 0 Å². The molecule has 0 spiro atoms. The Bertz CT molecular complexity index is 1140. The Balaban J connectivity index is 1.81. The van der Waals surface area contributed by atoms with Crippen LogP contribution in [0.5, 0.6) is 0 Å². The summed E-state index contributed by atoms with van der Waals surface area (Å²) in [5, 5.41) is 7.69. The fourth-order valence-electron chi connectivity index (χ4n) is 2.75. The minimum absolute atomic E-state index is 0.260. The number of nitrogens with zero attached hydrogens (tertiary/aromatic N) is 3. The quantitative estimate of drug-likeness (QED) is 0.435. The summed E-state index contributed by atoms with van der Waals surface area (Å²) >= 11 is 0. The van der Waals surface area contributed by atoms with Crippen molar-refractivity contribution in [2.24, 2.45) is 5.73 Å². The minimum atomic E-state index is -0.260. The van der Waals surface area contributed by atoms with Crippen molar-refractivity contribution in [1.29, 1.82) is 0 Å². The Labute approximate surface area is 148 Å². The van der Waals surface area contributed by atoms with Crippen molar-refractivity contribution in [3.05, 3.63) is 59.3 Å². The van der Waals surface area contributed by atoms with Crippen LogP contribution in [-0.2, 0) is 0 Å². The van der Waals surface area contributed by atoms with Gasteiger partial charge in [-0.1, -0.05) is 18.2 Å². The third-order valence-electron chi connectivity index (χ3n) is 3.93. The zero-order chi connectivity index (χ0) is 17.9. The van der Waals surface area contributed by atoms with Crippen molar-refractivity contribution >= 4 is 39.1 Å². The predicted octanol–water partition coefficient (Wildman–Crippen LogP) is 1.98. The summed E-state index contributed by atoms with van der Waals surface area (Å²) < 4.78 is 0. The summed E-state index contributed by atoms with van der Waals surface area (Å²) in [6.45, 7) is 1.04. The van der Waals surface area contributed by atoms with E-state index in [4.69, 9.17) is 5.73 Å². The molecular weight excluding hydrogens is 330 g/mol. The van der Waals surface area contributed by atoms with Gasteiger partial charge in [-0.2, -0.15) is 0 Å². The molecule has 0 amide bonds. The summed E-state index contributed by atoms with van der Waals surface area (Å²) in [4.78, 5) is 28.1. The fourth-order valence-corrected chi connectivity index (χ4v) is 2.75. The number of pyridine rings is 2. The van der Waals surface area contributed by atoms with Gasteiger partial charge in [0.25, 0.3) is 5.56 Å². The standard InChI is InChI=1S/C18H17N7O/c19-5-6-20-15-8-14-16(18(26)23-10-22-14)17(25-15)24-12-7-11-3-1-2-4-13(11)21-9-12/h1-4,7-10H,5-6,19H2,(H2,20,24,25)(H,22,23,26). The fraction of sp³-hybridized carbons (Fsp3) is 0.111. The van der Waals surface area contributed by atoms with Crippen LogP contribution in [0.25, 0.3) is 21.8 Å². The zero-order valence-corrected chi connectivity index (χ0v) is 13.9. The molecule has 0 radical (unpaired) electrons. The predicted molar refractivity (Wildman–Crippen MR) is 103 cm³/mol. The Kier molecular flexibility index (Phi) is 4.16. The summed E-state index contributed by atoms with van der Waals surface area (Å²) in [6, 6.07) is 11.5. The number of fused-ring (bicyclic) bond motifs is 2. The smallest absolute Gasteiger partial charge is 0.262 e. The van der Waals surface area contributed by atoms with E-state index in [2.05, 4.69) is 30.6 Å². The minimum Gasteiger partial charge on any atom is -0.369 e. The molecule has 8 nitrogen and oxygen atoms in total. The van der Waals surface area contributed by atoms with E-state index in [9.17, 15) is 4.79 Å². The lowest BCUT2D eigenvalue weighted by atomic mass is 10.2. The molecule has 1 aromatic carbocycles. The van der Waals surface area contributed by atoms with Crippen LogP contribution in [0.1, 0.15) is 0 Å². The summed E-state index contributed by atoms with van der Waals surface area (Å²) in [5.74, 6) is 1.01. The lowest BCUT2D eigenvalue weighted by Crippen LogP contribution is -2.15. The van der Waals surface area contributed by atoms with E-state index in [0.717, 1.165) is 16.6 Å². The maximum absolute atomic E-state index is 12.3. The molecule has 4 rings (SSSR count). The first-order valence-corrected chi connectivity index (χ1v) is 8.19. The Hall–Kier alpha value is -3.52. The Morgan fingerprint density at radius 3 is 2.88 bits per heavy atom. The van der Waals surface area contributed by atoms with E-state index in [1.807, 2.05) is 30.3 Å². The Morgan fingerprint density at radius 2 is 2.00 bits per heavy atom. The maximum atomic E-state index is 12.3. The molecular formula is C18H17N7O. The van der Waals surface area contributed by atoms with Crippen LogP contribution in [0.2, 0.25) is 0 Å². The average Bonchev–Trinajstić information content (AvgIpc) is 2.66. The first-order valence-electron chi connectivity index (χ1n) is 8.19. The molecule has 26 heavy (non-hydrogen) atoms. The topological polar surface area (TPSA) is 122 Å². The van der Waals surface area contributed by atoms with Crippen molar-refractivity contribution in [3.63, 3.8) is 0 Å². The third-order valence-corrected chi connectivity index (χ3v) is 3.93. The van der Waals surface area contributed by atoms with Crippen LogP contribution in [0, 0.1) is 0 Å². The molecule has 0 aliphatic heterocycles. The second kappa shape index (κ2) is 6.77. The molecule has 0 unspecified atom stereocenters.